The van der Waals surface area contributed by atoms with E-state index in [1.807, 2.05) is 18.2 Å². The molecule has 0 spiro atoms. The van der Waals surface area contributed by atoms with Gasteiger partial charge < -0.3 is 30.2 Å². The van der Waals surface area contributed by atoms with Crippen LogP contribution in [0.4, 0.5) is 0 Å². The molecule has 4 N–H and O–H groups in total. The smallest absolute Gasteiger partial charge is 0.475 e. The molecule has 0 unspecified atom stereocenters. The number of hydrogen-bond donors (Lipinski definition) is 4. The van der Waals surface area contributed by atoms with E-state index in [4.69, 9.17) is 9.47 Å². The van der Waals surface area contributed by atoms with Gasteiger partial charge in [-0.05, 0) is 30.7 Å². The van der Waals surface area contributed by atoms with E-state index in [0.717, 1.165) is 5.56 Å². The van der Waals surface area contributed by atoms with Gasteiger partial charge >= 0.3 is 7.12 Å². The minimum Gasteiger partial charge on any atom is -0.494 e. The van der Waals surface area contributed by atoms with Crippen molar-refractivity contribution in [2.45, 2.75) is 25.3 Å². The fraction of sp³-hybridized carbons (Fsp3) is 0.350. The lowest BCUT2D eigenvalue weighted by atomic mass is 9.77. The second kappa shape index (κ2) is 11.9. The summed E-state index contributed by atoms with van der Waals surface area (Å²) in [5.41, 5.74) is 1.11. The molecular formula is C20H26BN3O6. The second-order valence-corrected chi connectivity index (χ2v) is 6.71. The van der Waals surface area contributed by atoms with Gasteiger partial charge in [-0.15, -0.1) is 0 Å². The number of amides is 2. The van der Waals surface area contributed by atoms with E-state index < -0.39 is 30.9 Å². The van der Waals surface area contributed by atoms with E-state index in [0.29, 0.717) is 11.3 Å². The van der Waals surface area contributed by atoms with Gasteiger partial charge in [-0.25, -0.2) is 0 Å². The molecule has 1 aromatic heterocycles. The van der Waals surface area contributed by atoms with Crippen molar-refractivity contribution in [2.75, 3.05) is 20.3 Å². The number of pyridine rings is 1. The van der Waals surface area contributed by atoms with Gasteiger partial charge in [-0.2, -0.15) is 0 Å². The van der Waals surface area contributed by atoms with Crippen molar-refractivity contribution >= 4 is 18.9 Å². The Morgan fingerprint density at radius 2 is 1.90 bits per heavy atom. The number of benzene rings is 1. The summed E-state index contributed by atoms with van der Waals surface area (Å²) in [6.45, 7) is 1.86. The van der Waals surface area contributed by atoms with Crippen LogP contribution in [-0.2, 0) is 9.53 Å². The van der Waals surface area contributed by atoms with Crippen LogP contribution in [0.25, 0.3) is 0 Å². The molecule has 0 aliphatic rings. The summed E-state index contributed by atoms with van der Waals surface area (Å²) in [5, 5.41) is 24.3. The number of nitrogens with zero attached hydrogens (tertiary/aromatic N) is 1. The van der Waals surface area contributed by atoms with Gasteiger partial charge in [0, 0.05) is 25.9 Å². The van der Waals surface area contributed by atoms with Crippen molar-refractivity contribution in [1.29, 1.82) is 0 Å². The molecule has 0 fully saturated rings. The van der Waals surface area contributed by atoms with E-state index in [9.17, 15) is 19.6 Å². The van der Waals surface area contributed by atoms with E-state index in [1.165, 1.54) is 13.3 Å². The van der Waals surface area contributed by atoms with Crippen LogP contribution >= 0.6 is 0 Å². The lowest BCUT2D eigenvalue weighted by Gasteiger charge is -2.23. The molecule has 160 valence electrons. The SMILES string of the molecule is COC[C@@H](NC(=O)c1cncc(C)c1)C(=O)N[C@@H](CCOc1ccccc1)B(O)O. The highest BCUT2D eigenvalue weighted by atomic mass is 16.5. The van der Waals surface area contributed by atoms with Gasteiger partial charge in [0.25, 0.3) is 5.91 Å². The molecule has 10 heteroatoms. The zero-order valence-corrected chi connectivity index (χ0v) is 16.9. The zero-order valence-electron chi connectivity index (χ0n) is 16.9. The van der Waals surface area contributed by atoms with Crippen LogP contribution in [0.15, 0.2) is 48.8 Å². The van der Waals surface area contributed by atoms with Crippen LogP contribution in [0.2, 0.25) is 0 Å². The number of aryl methyl sites for hydroxylation is 1. The van der Waals surface area contributed by atoms with Crippen molar-refractivity contribution in [3.8, 4) is 5.75 Å². The maximum atomic E-state index is 12.6. The molecule has 30 heavy (non-hydrogen) atoms. The van der Waals surface area contributed by atoms with Gasteiger partial charge in [0.1, 0.15) is 11.8 Å². The lowest BCUT2D eigenvalue weighted by Crippen LogP contribution is -2.55. The summed E-state index contributed by atoms with van der Waals surface area (Å²) in [6, 6.07) is 9.64. The van der Waals surface area contributed by atoms with Gasteiger partial charge in [0.15, 0.2) is 0 Å². The number of nitrogens with one attached hydrogen (secondary N) is 2. The van der Waals surface area contributed by atoms with Crippen molar-refractivity contribution < 1.29 is 29.1 Å². The number of para-hydroxylation sites is 1. The van der Waals surface area contributed by atoms with Crippen LogP contribution < -0.4 is 15.4 Å². The molecule has 2 rings (SSSR count). The van der Waals surface area contributed by atoms with E-state index in [1.54, 1.807) is 31.3 Å². The molecule has 0 aliphatic carbocycles. The predicted octanol–water partition coefficient (Wildman–Crippen LogP) is 0.101. The van der Waals surface area contributed by atoms with Gasteiger partial charge in [-0.1, -0.05) is 18.2 Å². The largest absolute Gasteiger partial charge is 0.494 e. The van der Waals surface area contributed by atoms with E-state index >= 15 is 0 Å². The molecule has 2 amide bonds. The summed E-state index contributed by atoms with van der Waals surface area (Å²) >= 11 is 0. The lowest BCUT2D eigenvalue weighted by molar-refractivity contribution is -0.124. The van der Waals surface area contributed by atoms with Gasteiger partial charge in [0.05, 0.1) is 24.7 Å². The van der Waals surface area contributed by atoms with Crippen molar-refractivity contribution in [3.05, 3.63) is 59.9 Å². The molecule has 0 saturated carbocycles. The van der Waals surface area contributed by atoms with Gasteiger partial charge in [-0.3, -0.25) is 14.6 Å². The Kier molecular flexibility index (Phi) is 9.27. The molecule has 0 bridgehead atoms. The van der Waals surface area contributed by atoms with Gasteiger partial charge in [0.2, 0.25) is 5.91 Å². The first-order chi connectivity index (χ1) is 14.4. The standard InChI is InChI=1S/C20H26BN3O6/c1-14-10-15(12-22-11-14)19(25)23-17(13-29-2)20(26)24-18(21(27)28)8-9-30-16-6-4-3-5-7-16/h3-7,10-12,17-18,27-28H,8-9,13H2,1-2H3,(H,23,25)(H,24,26)/t17-,18+/m1/s1. The first kappa shape index (κ1) is 23.3. The summed E-state index contributed by atoms with van der Waals surface area (Å²) < 4.78 is 10.6. The van der Waals surface area contributed by atoms with Crippen molar-refractivity contribution in [1.82, 2.24) is 15.6 Å². The first-order valence-corrected chi connectivity index (χ1v) is 9.46. The third-order valence-corrected chi connectivity index (χ3v) is 4.22. The molecule has 1 heterocycles. The minimum atomic E-state index is -1.80. The molecule has 0 radical (unpaired) electrons. The number of carbonyl (C=O) groups is 2. The molecule has 1 aromatic carbocycles. The average molecular weight is 415 g/mol. The Balaban J connectivity index is 1.95. The Bertz CT molecular complexity index is 821. The Morgan fingerprint density at radius 3 is 2.53 bits per heavy atom. The Hall–Kier alpha value is -2.95. The maximum Gasteiger partial charge on any atom is 0.475 e. The maximum absolute atomic E-state index is 12.6. The molecule has 0 saturated heterocycles. The average Bonchev–Trinajstić information content (AvgIpc) is 2.73. The molecular weight excluding hydrogens is 389 g/mol. The van der Waals surface area contributed by atoms with Crippen LogP contribution in [0.5, 0.6) is 5.75 Å². The zero-order chi connectivity index (χ0) is 21.9. The van der Waals surface area contributed by atoms with E-state index in [2.05, 4.69) is 15.6 Å². The number of carbonyl (C=O) groups excluding carboxylic acids is 2. The number of methoxy groups -OCH3 is 1. The number of rotatable bonds is 11. The topological polar surface area (TPSA) is 130 Å². The summed E-state index contributed by atoms with van der Waals surface area (Å²) in [7, 11) is -0.402. The normalized spacial score (nSPS) is 12.5. The van der Waals surface area contributed by atoms with Crippen LogP contribution in [0, 0.1) is 6.92 Å². The third kappa shape index (κ3) is 7.47. The highest BCUT2D eigenvalue weighted by molar-refractivity contribution is 6.43. The summed E-state index contributed by atoms with van der Waals surface area (Å²) in [6.07, 6.45) is 3.15. The monoisotopic (exact) mass is 415 g/mol. The fourth-order valence-electron chi connectivity index (χ4n) is 2.67. The van der Waals surface area contributed by atoms with Crippen molar-refractivity contribution in [3.63, 3.8) is 0 Å². The van der Waals surface area contributed by atoms with Crippen molar-refractivity contribution in [2.24, 2.45) is 0 Å². The van der Waals surface area contributed by atoms with E-state index in [-0.39, 0.29) is 19.6 Å². The molecule has 2 atom stereocenters. The Morgan fingerprint density at radius 1 is 1.17 bits per heavy atom. The predicted molar refractivity (Wildman–Crippen MR) is 111 cm³/mol. The minimum absolute atomic E-state index is 0.0917. The van der Waals surface area contributed by atoms with Crippen LogP contribution in [0.3, 0.4) is 0 Å². The molecule has 9 nitrogen and oxygen atoms in total. The quantitative estimate of drug-likeness (QED) is 0.383. The van der Waals surface area contributed by atoms with Crippen LogP contribution in [0.1, 0.15) is 22.3 Å². The first-order valence-electron chi connectivity index (χ1n) is 9.46. The summed E-state index contributed by atoms with van der Waals surface area (Å²) in [4.78, 5) is 29.0. The number of ether oxygens (including phenoxy) is 2. The third-order valence-electron chi connectivity index (χ3n) is 4.22. The molecule has 0 aliphatic heterocycles. The Labute approximate surface area is 175 Å². The molecule has 2 aromatic rings. The fourth-order valence-corrected chi connectivity index (χ4v) is 2.67. The number of hydrogen-bond acceptors (Lipinski definition) is 7. The second-order valence-electron chi connectivity index (χ2n) is 6.71. The van der Waals surface area contributed by atoms with Crippen LogP contribution in [-0.4, -0.2) is 66.3 Å². The highest BCUT2D eigenvalue weighted by Gasteiger charge is 2.29. The highest BCUT2D eigenvalue weighted by Crippen LogP contribution is 2.09. The summed E-state index contributed by atoms with van der Waals surface area (Å²) in [5.74, 6) is -1.45. The number of aromatic nitrogens is 1.